The zero-order valence-corrected chi connectivity index (χ0v) is 16.7. The van der Waals surface area contributed by atoms with E-state index in [2.05, 4.69) is 16.7 Å². The predicted octanol–water partition coefficient (Wildman–Crippen LogP) is 5.19. The minimum absolute atomic E-state index is 0.621. The highest BCUT2D eigenvalue weighted by Gasteiger charge is 2.13. The van der Waals surface area contributed by atoms with Crippen molar-refractivity contribution in [2.75, 3.05) is 20.8 Å². The monoisotopic (exact) mass is 388 g/mol. The molecule has 4 aromatic rings. The average molecular weight is 388 g/mol. The maximum atomic E-state index is 5.89. The van der Waals surface area contributed by atoms with Crippen molar-refractivity contribution < 1.29 is 14.2 Å². The van der Waals surface area contributed by atoms with E-state index in [-0.39, 0.29) is 0 Å². The number of para-hydroxylation sites is 2. The van der Waals surface area contributed by atoms with Gasteiger partial charge in [0.25, 0.3) is 0 Å². The zero-order valence-electron chi connectivity index (χ0n) is 16.7. The maximum absolute atomic E-state index is 5.89. The molecule has 0 N–H and O–H groups in total. The third-order valence-electron chi connectivity index (χ3n) is 4.84. The summed E-state index contributed by atoms with van der Waals surface area (Å²) >= 11 is 0. The number of imidazole rings is 1. The zero-order chi connectivity index (χ0) is 20.1. The first-order valence-corrected chi connectivity index (χ1v) is 9.65. The van der Waals surface area contributed by atoms with Crippen LogP contribution in [0, 0.1) is 0 Å². The second-order valence-electron chi connectivity index (χ2n) is 6.69. The molecule has 1 aromatic heterocycles. The van der Waals surface area contributed by atoms with Crippen LogP contribution in [0.5, 0.6) is 17.2 Å². The number of methoxy groups -OCH3 is 2. The van der Waals surface area contributed by atoms with E-state index < -0.39 is 0 Å². The third-order valence-corrected chi connectivity index (χ3v) is 4.84. The van der Waals surface area contributed by atoms with Crippen LogP contribution in [-0.2, 0) is 6.54 Å². The van der Waals surface area contributed by atoms with Crippen LogP contribution >= 0.6 is 0 Å². The highest BCUT2D eigenvalue weighted by Crippen LogP contribution is 2.27. The van der Waals surface area contributed by atoms with Gasteiger partial charge in [0.1, 0.15) is 23.1 Å². The molecule has 1 heterocycles. The minimum atomic E-state index is 0.621. The Kier molecular flexibility index (Phi) is 5.66. The van der Waals surface area contributed by atoms with Crippen molar-refractivity contribution in [2.24, 2.45) is 0 Å². The molecule has 5 nitrogen and oxygen atoms in total. The highest BCUT2D eigenvalue weighted by molar-refractivity contribution is 5.80. The van der Waals surface area contributed by atoms with Crippen molar-refractivity contribution in [3.63, 3.8) is 0 Å². The lowest BCUT2D eigenvalue weighted by Crippen LogP contribution is -2.06. The molecule has 148 valence electrons. The SMILES string of the molecule is COc1ccc(OCCCn2c(-c3cccc(OC)c3)nc3ccccc32)cc1. The quantitative estimate of drug-likeness (QED) is 0.390. The summed E-state index contributed by atoms with van der Waals surface area (Å²) in [5.41, 5.74) is 3.15. The molecule has 0 aliphatic heterocycles. The molecule has 0 amide bonds. The molecule has 29 heavy (non-hydrogen) atoms. The molecule has 0 aliphatic carbocycles. The fourth-order valence-electron chi connectivity index (χ4n) is 3.37. The Balaban J connectivity index is 1.52. The fourth-order valence-corrected chi connectivity index (χ4v) is 3.37. The van der Waals surface area contributed by atoms with Gasteiger partial charge in [-0.2, -0.15) is 0 Å². The van der Waals surface area contributed by atoms with Crippen molar-refractivity contribution in [2.45, 2.75) is 13.0 Å². The number of hydrogen-bond donors (Lipinski definition) is 0. The smallest absolute Gasteiger partial charge is 0.141 e. The molecule has 0 spiro atoms. The molecular weight excluding hydrogens is 364 g/mol. The lowest BCUT2D eigenvalue weighted by molar-refractivity contribution is 0.302. The van der Waals surface area contributed by atoms with Gasteiger partial charge < -0.3 is 18.8 Å². The van der Waals surface area contributed by atoms with Crippen molar-refractivity contribution in [1.82, 2.24) is 9.55 Å². The van der Waals surface area contributed by atoms with Gasteiger partial charge >= 0.3 is 0 Å². The second kappa shape index (κ2) is 8.69. The van der Waals surface area contributed by atoms with Gasteiger partial charge in [0.2, 0.25) is 0 Å². The van der Waals surface area contributed by atoms with E-state index in [1.807, 2.05) is 60.7 Å². The first-order valence-electron chi connectivity index (χ1n) is 9.65. The molecule has 0 aliphatic rings. The molecule has 0 unspecified atom stereocenters. The number of rotatable bonds is 8. The molecule has 3 aromatic carbocycles. The number of hydrogen-bond acceptors (Lipinski definition) is 4. The third kappa shape index (κ3) is 4.19. The first kappa shape index (κ1) is 18.9. The van der Waals surface area contributed by atoms with Crippen LogP contribution in [0.3, 0.4) is 0 Å². The van der Waals surface area contributed by atoms with Crippen molar-refractivity contribution >= 4 is 11.0 Å². The fraction of sp³-hybridized carbons (Fsp3) is 0.208. The Labute approximate surface area is 170 Å². The Bertz CT molecular complexity index is 1090. The maximum Gasteiger partial charge on any atom is 0.141 e. The number of ether oxygens (including phenoxy) is 3. The van der Waals surface area contributed by atoms with E-state index in [1.165, 1.54) is 0 Å². The van der Waals surface area contributed by atoms with Gasteiger partial charge in [0.15, 0.2) is 0 Å². The first-order chi connectivity index (χ1) is 14.3. The van der Waals surface area contributed by atoms with Crippen LogP contribution in [0.15, 0.2) is 72.8 Å². The normalized spacial score (nSPS) is 10.8. The Morgan fingerprint density at radius 1 is 0.793 bits per heavy atom. The van der Waals surface area contributed by atoms with E-state index in [9.17, 15) is 0 Å². The van der Waals surface area contributed by atoms with Crippen LogP contribution in [0.4, 0.5) is 0 Å². The van der Waals surface area contributed by atoms with Gasteiger partial charge in [-0.3, -0.25) is 0 Å². The number of benzene rings is 3. The number of fused-ring (bicyclic) bond motifs is 1. The largest absolute Gasteiger partial charge is 0.497 e. The van der Waals surface area contributed by atoms with E-state index in [4.69, 9.17) is 19.2 Å². The van der Waals surface area contributed by atoms with Gasteiger partial charge in [-0.05, 0) is 55.0 Å². The molecule has 0 bridgehead atoms. The summed E-state index contributed by atoms with van der Waals surface area (Å²) in [5.74, 6) is 3.43. The highest BCUT2D eigenvalue weighted by atomic mass is 16.5. The lowest BCUT2D eigenvalue weighted by Gasteiger charge is -2.11. The van der Waals surface area contributed by atoms with E-state index >= 15 is 0 Å². The van der Waals surface area contributed by atoms with Crippen molar-refractivity contribution in [1.29, 1.82) is 0 Å². The van der Waals surface area contributed by atoms with Gasteiger partial charge in [0, 0.05) is 12.1 Å². The van der Waals surface area contributed by atoms with Crippen LogP contribution in [0.25, 0.3) is 22.4 Å². The molecule has 0 saturated heterocycles. The molecule has 0 fully saturated rings. The molecule has 0 saturated carbocycles. The standard InChI is InChI=1S/C24H24N2O3/c1-27-19-11-13-20(14-12-19)29-16-6-15-26-23-10-4-3-9-22(23)25-24(26)18-7-5-8-21(17-18)28-2/h3-5,7-14,17H,6,15-16H2,1-2H3. The summed E-state index contributed by atoms with van der Waals surface area (Å²) in [6, 6.07) is 23.9. The summed E-state index contributed by atoms with van der Waals surface area (Å²) < 4.78 is 18.7. The van der Waals surface area contributed by atoms with Gasteiger partial charge in [-0.15, -0.1) is 0 Å². The van der Waals surface area contributed by atoms with Crippen LogP contribution < -0.4 is 14.2 Å². The minimum Gasteiger partial charge on any atom is -0.497 e. The van der Waals surface area contributed by atoms with E-state index in [0.717, 1.165) is 52.6 Å². The van der Waals surface area contributed by atoms with Crippen LogP contribution in [0.1, 0.15) is 6.42 Å². The molecular formula is C24H24N2O3. The topological polar surface area (TPSA) is 45.5 Å². The van der Waals surface area contributed by atoms with Crippen LogP contribution in [0.2, 0.25) is 0 Å². The van der Waals surface area contributed by atoms with E-state index in [1.54, 1.807) is 14.2 Å². The molecule has 0 atom stereocenters. The summed E-state index contributed by atoms with van der Waals surface area (Å²) in [4.78, 5) is 4.87. The van der Waals surface area contributed by atoms with E-state index in [0.29, 0.717) is 6.61 Å². The van der Waals surface area contributed by atoms with Gasteiger partial charge in [-0.1, -0.05) is 24.3 Å². The second-order valence-corrected chi connectivity index (χ2v) is 6.69. The van der Waals surface area contributed by atoms with Gasteiger partial charge in [0.05, 0.1) is 31.9 Å². The summed E-state index contributed by atoms with van der Waals surface area (Å²) in [7, 11) is 3.34. The van der Waals surface area contributed by atoms with Crippen molar-refractivity contribution in [3.05, 3.63) is 72.8 Å². The van der Waals surface area contributed by atoms with Crippen LogP contribution in [-0.4, -0.2) is 30.4 Å². The summed E-state index contributed by atoms with van der Waals surface area (Å²) in [6.45, 7) is 1.43. The number of nitrogens with zero attached hydrogens (tertiary/aromatic N) is 2. The number of aromatic nitrogens is 2. The Morgan fingerprint density at radius 2 is 1.55 bits per heavy atom. The lowest BCUT2D eigenvalue weighted by atomic mass is 10.2. The molecule has 5 heteroatoms. The summed E-state index contributed by atoms with van der Waals surface area (Å²) in [5, 5.41) is 0. The van der Waals surface area contributed by atoms with Gasteiger partial charge in [-0.25, -0.2) is 4.98 Å². The Hall–Kier alpha value is -3.47. The Morgan fingerprint density at radius 3 is 2.34 bits per heavy atom. The van der Waals surface area contributed by atoms with Crippen molar-refractivity contribution in [3.8, 4) is 28.6 Å². The average Bonchev–Trinajstić information content (AvgIpc) is 3.16. The summed E-state index contributed by atoms with van der Waals surface area (Å²) in [6.07, 6.45) is 0.864. The molecule has 4 rings (SSSR count). The molecule has 0 radical (unpaired) electrons. The predicted molar refractivity (Wildman–Crippen MR) is 115 cm³/mol. The number of aryl methyl sites for hydroxylation is 1.